The van der Waals surface area contributed by atoms with E-state index in [4.69, 9.17) is 9.47 Å². The average Bonchev–Trinajstić information content (AvgIpc) is 3.06. The van der Waals surface area contributed by atoms with Gasteiger partial charge in [0, 0.05) is 49.9 Å². The molecule has 0 amide bonds. The van der Waals surface area contributed by atoms with E-state index in [1.54, 1.807) is 12.7 Å². The molecule has 174 valence electrons. The molecule has 5 nitrogen and oxygen atoms in total. The van der Waals surface area contributed by atoms with Crippen molar-refractivity contribution in [3.8, 4) is 5.75 Å². The van der Waals surface area contributed by atoms with E-state index in [0.717, 1.165) is 38.3 Å². The lowest BCUT2D eigenvalue weighted by Crippen LogP contribution is -2.53. The molecule has 0 radical (unpaired) electrons. The SMILES string of the molecule is COc1cccc(N2CCN(CC3C(=O)OC4CC5(C)CCCC(C)C5=CC43)CC2C)c1. The Morgan fingerprint density at radius 2 is 2.09 bits per heavy atom. The summed E-state index contributed by atoms with van der Waals surface area (Å²) < 4.78 is 11.4. The highest BCUT2D eigenvalue weighted by Gasteiger charge is 2.52. The van der Waals surface area contributed by atoms with Crippen molar-refractivity contribution >= 4 is 11.7 Å². The summed E-state index contributed by atoms with van der Waals surface area (Å²) in [6, 6.07) is 8.70. The van der Waals surface area contributed by atoms with Crippen LogP contribution in [0.2, 0.25) is 0 Å². The molecule has 5 heteroatoms. The first kappa shape index (κ1) is 21.8. The maximum absolute atomic E-state index is 12.9. The zero-order valence-corrected chi connectivity index (χ0v) is 20.0. The number of rotatable bonds is 4. The average molecular weight is 439 g/mol. The largest absolute Gasteiger partial charge is 0.497 e. The Labute approximate surface area is 192 Å². The normalized spacial score (nSPS) is 37.4. The Bertz CT molecular complexity index is 899. The second-order valence-electron chi connectivity index (χ2n) is 10.8. The summed E-state index contributed by atoms with van der Waals surface area (Å²) >= 11 is 0. The fourth-order valence-electron chi connectivity index (χ4n) is 6.91. The van der Waals surface area contributed by atoms with Crippen LogP contribution in [0.25, 0.3) is 0 Å². The fourth-order valence-corrected chi connectivity index (χ4v) is 6.91. The van der Waals surface area contributed by atoms with Crippen molar-refractivity contribution in [3.05, 3.63) is 35.9 Å². The number of carbonyl (C=O) groups is 1. The Morgan fingerprint density at radius 1 is 1.25 bits per heavy atom. The molecule has 6 atom stereocenters. The van der Waals surface area contributed by atoms with Gasteiger partial charge in [0.2, 0.25) is 0 Å². The van der Waals surface area contributed by atoms with Crippen molar-refractivity contribution in [2.75, 3.05) is 38.2 Å². The molecule has 1 aromatic carbocycles. The first-order valence-electron chi connectivity index (χ1n) is 12.4. The molecule has 0 spiro atoms. The molecule has 4 aliphatic rings. The van der Waals surface area contributed by atoms with Crippen LogP contribution in [0.15, 0.2) is 35.9 Å². The minimum atomic E-state index is -0.0262. The maximum Gasteiger partial charge on any atom is 0.311 e. The number of methoxy groups -OCH3 is 1. The predicted octanol–water partition coefficient (Wildman–Crippen LogP) is 4.52. The monoisotopic (exact) mass is 438 g/mol. The molecular formula is C27H38N2O3. The Balaban J connectivity index is 1.28. The second-order valence-corrected chi connectivity index (χ2v) is 10.8. The molecule has 0 bridgehead atoms. The molecule has 2 aliphatic heterocycles. The molecule has 32 heavy (non-hydrogen) atoms. The first-order chi connectivity index (χ1) is 15.4. The number of fused-ring (bicyclic) bond motifs is 2. The minimum absolute atomic E-state index is 0.0228. The molecule has 2 aliphatic carbocycles. The third-order valence-corrected chi connectivity index (χ3v) is 8.63. The lowest BCUT2D eigenvalue weighted by Gasteiger charge is -2.46. The second kappa shape index (κ2) is 8.40. The van der Waals surface area contributed by atoms with Crippen molar-refractivity contribution in [3.63, 3.8) is 0 Å². The standard InChI is InChI=1S/C27H38N2O3/c1-18-7-6-10-27(3)15-25-22(14-24(18)27)23(26(30)32-25)17-28-11-12-29(19(2)16-28)20-8-5-9-21(13-20)31-4/h5,8-9,13-14,18-19,22-23,25H,6-7,10-12,15-17H2,1-4H3. The van der Waals surface area contributed by atoms with Gasteiger partial charge in [0.25, 0.3) is 0 Å². The van der Waals surface area contributed by atoms with Crippen LogP contribution in [0.1, 0.15) is 46.5 Å². The van der Waals surface area contributed by atoms with Gasteiger partial charge < -0.3 is 14.4 Å². The minimum Gasteiger partial charge on any atom is -0.497 e. The molecule has 3 fully saturated rings. The van der Waals surface area contributed by atoms with Gasteiger partial charge in [-0.2, -0.15) is 0 Å². The van der Waals surface area contributed by atoms with Crippen LogP contribution in [0.3, 0.4) is 0 Å². The molecular weight excluding hydrogens is 400 g/mol. The van der Waals surface area contributed by atoms with Gasteiger partial charge in [0.05, 0.1) is 13.0 Å². The van der Waals surface area contributed by atoms with E-state index in [1.165, 1.54) is 24.9 Å². The van der Waals surface area contributed by atoms with E-state index < -0.39 is 0 Å². The summed E-state index contributed by atoms with van der Waals surface area (Å²) in [6.07, 6.45) is 7.36. The molecule has 2 saturated heterocycles. The molecule has 1 aromatic rings. The number of piperazine rings is 1. The number of carbonyl (C=O) groups excluding carboxylic acids is 1. The number of hydrogen-bond donors (Lipinski definition) is 0. The highest BCUT2D eigenvalue weighted by Crippen LogP contribution is 2.54. The number of ether oxygens (including phenoxy) is 2. The quantitative estimate of drug-likeness (QED) is 0.511. The summed E-state index contributed by atoms with van der Waals surface area (Å²) in [5.74, 6) is 1.78. The van der Waals surface area contributed by atoms with Crippen LogP contribution < -0.4 is 9.64 Å². The Kier molecular flexibility index (Phi) is 5.73. The number of benzene rings is 1. The number of nitrogens with zero attached hydrogens (tertiary/aromatic N) is 2. The number of esters is 1. The number of allylic oxidation sites excluding steroid dienone is 1. The highest BCUT2D eigenvalue weighted by atomic mass is 16.6. The van der Waals surface area contributed by atoms with E-state index in [2.05, 4.69) is 54.8 Å². The van der Waals surface area contributed by atoms with E-state index in [9.17, 15) is 4.79 Å². The topological polar surface area (TPSA) is 42.0 Å². The van der Waals surface area contributed by atoms with E-state index in [0.29, 0.717) is 12.0 Å². The lowest BCUT2D eigenvalue weighted by atomic mass is 9.59. The smallest absolute Gasteiger partial charge is 0.311 e. The molecule has 5 rings (SSSR count). The van der Waals surface area contributed by atoms with Gasteiger partial charge in [-0.15, -0.1) is 0 Å². The lowest BCUT2D eigenvalue weighted by molar-refractivity contribution is -0.145. The van der Waals surface area contributed by atoms with Gasteiger partial charge in [0.1, 0.15) is 11.9 Å². The zero-order valence-electron chi connectivity index (χ0n) is 20.0. The third-order valence-electron chi connectivity index (χ3n) is 8.63. The van der Waals surface area contributed by atoms with E-state index in [1.807, 2.05) is 6.07 Å². The van der Waals surface area contributed by atoms with Crippen molar-refractivity contribution in [1.29, 1.82) is 0 Å². The van der Waals surface area contributed by atoms with E-state index >= 15 is 0 Å². The summed E-state index contributed by atoms with van der Waals surface area (Å²) in [6.45, 7) is 10.7. The number of anilines is 1. The van der Waals surface area contributed by atoms with E-state index in [-0.39, 0.29) is 29.3 Å². The summed E-state index contributed by atoms with van der Waals surface area (Å²) in [5.41, 5.74) is 3.04. The van der Waals surface area contributed by atoms with Crippen LogP contribution in [-0.2, 0) is 9.53 Å². The molecule has 6 unspecified atom stereocenters. The summed E-state index contributed by atoms with van der Waals surface area (Å²) in [7, 11) is 1.71. The van der Waals surface area contributed by atoms with Gasteiger partial charge in [0.15, 0.2) is 0 Å². The van der Waals surface area contributed by atoms with Crippen LogP contribution in [0.4, 0.5) is 5.69 Å². The Hall–Kier alpha value is -2.01. The highest BCUT2D eigenvalue weighted by molar-refractivity contribution is 5.76. The van der Waals surface area contributed by atoms with Gasteiger partial charge in [-0.3, -0.25) is 9.69 Å². The molecule has 2 heterocycles. The maximum atomic E-state index is 12.9. The zero-order chi connectivity index (χ0) is 22.5. The molecule has 0 aromatic heterocycles. The van der Waals surface area contributed by atoms with Gasteiger partial charge >= 0.3 is 5.97 Å². The first-order valence-corrected chi connectivity index (χ1v) is 12.4. The van der Waals surface area contributed by atoms with Crippen LogP contribution in [0, 0.1) is 23.2 Å². The van der Waals surface area contributed by atoms with Gasteiger partial charge in [-0.1, -0.05) is 38.0 Å². The van der Waals surface area contributed by atoms with Crippen LogP contribution in [-0.4, -0.2) is 56.3 Å². The number of hydrogen-bond acceptors (Lipinski definition) is 5. The van der Waals surface area contributed by atoms with Crippen molar-refractivity contribution in [2.45, 2.75) is 58.6 Å². The van der Waals surface area contributed by atoms with Gasteiger partial charge in [-0.05, 0) is 49.7 Å². The Morgan fingerprint density at radius 3 is 2.88 bits per heavy atom. The fraction of sp³-hybridized carbons (Fsp3) is 0.667. The van der Waals surface area contributed by atoms with Crippen LogP contribution in [0.5, 0.6) is 5.75 Å². The predicted molar refractivity (Wildman–Crippen MR) is 127 cm³/mol. The summed E-state index contributed by atoms with van der Waals surface area (Å²) in [5, 5.41) is 0. The van der Waals surface area contributed by atoms with Crippen molar-refractivity contribution < 1.29 is 14.3 Å². The summed E-state index contributed by atoms with van der Waals surface area (Å²) in [4.78, 5) is 17.9. The van der Waals surface area contributed by atoms with Crippen molar-refractivity contribution in [2.24, 2.45) is 23.2 Å². The molecule has 0 N–H and O–H groups in total. The van der Waals surface area contributed by atoms with Crippen LogP contribution >= 0.6 is 0 Å². The van der Waals surface area contributed by atoms with Gasteiger partial charge in [-0.25, -0.2) is 0 Å². The molecule has 1 saturated carbocycles. The van der Waals surface area contributed by atoms with Crippen molar-refractivity contribution in [1.82, 2.24) is 4.90 Å². The third kappa shape index (κ3) is 3.83.